The molecule has 1 aliphatic heterocycles. The van der Waals surface area contributed by atoms with Crippen molar-refractivity contribution in [2.45, 2.75) is 12.8 Å². The number of ether oxygens (including phenoxy) is 2. The second kappa shape index (κ2) is 7.95. The highest BCUT2D eigenvalue weighted by Gasteiger charge is 2.28. The van der Waals surface area contributed by atoms with Gasteiger partial charge in [-0.25, -0.2) is 0 Å². The average molecular weight is 358 g/mol. The van der Waals surface area contributed by atoms with Crippen LogP contribution >= 0.6 is 0 Å². The zero-order chi connectivity index (χ0) is 18.5. The number of hydrogen-bond donors (Lipinski definition) is 1. The first-order chi connectivity index (χ1) is 12.6. The molecule has 2 heterocycles. The van der Waals surface area contributed by atoms with Crippen molar-refractivity contribution in [1.82, 2.24) is 4.90 Å². The third kappa shape index (κ3) is 3.99. The van der Waals surface area contributed by atoms with Crippen LogP contribution in [-0.4, -0.2) is 44.0 Å². The van der Waals surface area contributed by atoms with Crippen LogP contribution in [0.4, 0.5) is 5.69 Å². The molecule has 7 nitrogen and oxygen atoms in total. The van der Waals surface area contributed by atoms with Gasteiger partial charge in [-0.2, -0.15) is 0 Å². The Bertz CT molecular complexity index is 742. The molecule has 0 aliphatic carbocycles. The Labute approximate surface area is 151 Å². The highest BCUT2D eigenvalue weighted by atomic mass is 16.5. The van der Waals surface area contributed by atoms with Gasteiger partial charge in [0, 0.05) is 42.9 Å². The summed E-state index contributed by atoms with van der Waals surface area (Å²) in [7, 11) is 3.12. The van der Waals surface area contributed by atoms with E-state index >= 15 is 0 Å². The van der Waals surface area contributed by atoms with Crippen molar-refractivity contribution in [3.8, 4) is 11.5 Å². The number of hydrogen-bond acceptors (Lipinski definition) is 5. The summed E-state index contributed by atoms with van der Waals surface area (Å²) in [5.41, 5.74) is 0.625. The fraction of sp³-hybridized carbons (Fsp3) is 0.368. The standard InChI is InChI=1S/C19H22N2O5/c1-24-15-10-14(11-16(12-15)25-2)20-18(22)13-5-7-21(8-6-13)19(23)17-4-3-9-26-17/h3-4,9-13H,5-8H2,1-2H3,(H,20,22). The van der Waals surface area contributed by atoms with Gasteiger partial charge < -0.3 is 24.1 Å². The highest BCUT2D eigenvalue weighted by Crippen LogP contribution is 2.27. The van der Waals surface area contributed by atoms with E-state index in [4.69, 9.17) is 13.9 Å². The van der Waals surface area contributed by atoms with Gasteiger partial charge in [0.15, 0.2) is 5.76 Å². The lowest BCUT2D eigenvalue weighted by molar-refractivity contribution is -0.121. The quantitative estimate of drug-likeness (QED) is 0.889. The van der Waals surface area contributed by atoms with Crippen molar-refractivity contribution in [2.75, 3.05) is 32.6 Å². The summed E-state index contributed by atoms with van der Waals surface area (Å²) >= 11 is 0. The minimum Gasteiger partial charge on any atom is -0.497 e. The van der Waals surface area contributed by atoms with Crippen LogP contribution in [0.2, 0.25) is 0 Å². The van der Waals surface area contributed by atoms with Crippen LogP contribution in [0, 0.1) is 5.92 Å². The predicted octanol–water partition coefficient (Wildman–Crippen LogP) is 2.79. The fourth-order valence-corrected chi connectivity index (χ4v) is 3.02. The Morgan fingerprint density at radius 1 is 1.12 bits per heavy atom. The number of benzene rings is 1. The first kappa shape index (κ1) is 17.8. The van der Waals surface area contributed by atoms with Crippen LogP contribution in [-0.2, 0) is 4.79 Å². The summed E-state index contributed by atoms with van der Waals surface area (Å²) in [6.45, 7) is 1.05. The van der Waals surface area contributed by atoms with E-state index in [-0.39, 0.29) is 17.7 Å². The molecule has 3 rings (SSSR count). The van der Waals surface area contributed by atoms with E-state index in [9.17, 15) is 9.59 Å². The zero-order valence-electron chi connectivity index (χ0n) is 14.9. The molecule has 1 fully saturated rings. The largest absolute Gasteiger partial charge is 0.497 e. The molecule has 7 heteroatoms. The van der Waals surface area contributed by atoms with Crippen molar-refractivity contribution in [2.24, 2.45) is 5.92 Å². The average Bonchev–Trinajstić information content (AvgIpc) is 3.22. The Morgan fingerprint density at radius 2 is 1.77 bits per heavy atom. The lowest BCUT2D eigenvalue weighted by atomic mass is 9.95. The first-order valence-corrected chi connectivity index (χ1v) is 8.47. The lowest BCUT2D eigenvalue weighted by Crippen LogP contribution is -2.41. The summed E-state index contributed by atoms with van der Waals surface area (Å²) < 4.78 is 15.6. The number of amides is 2. The van der Waals surface area contributed by atoms with Gasteiger partial charge >= 0.3 is 0 Å². The van der Waals surface area contributed by atoms with Crippen molar-refractivity contribution in [3.63, 3.8) is 0 Å². The van der Waals surface area contributed by atoms with Crippen molar-refractivity contribution in [3.05, 3.63) is 42.4 Å². The van der Waals surface area contributed by atoms with Crippen LogP contribution in [0.3, 0.4) is 0 Å². The van der Waals surface area contributed by atoms with Crippen LogP contribution in [0.15, 0.2) is 41.0 Å². The number of methoxy groups -OCH3 is 2. The number of carbonyl (C=O) groups is 2. The monoisotopic (exact) mass is 358 g/mol. The summed E-state index contributed by atoms with van der Waals surface area (Å²) in [6.07, 6.45) is 2.70. The smallest absolute Gasteiger partial charge is 0.289 e. The topological polar surface area (TPSA) is 81.0 Å². The molecule has 1 N–H and O–H groups in total. The number of likely N-dealkylation sites (tertiary alicyclic amines) is 1. The Kier molecular flexibility index (Phi) is 5.46. The third-order valence-corrected chi connectivity index (χ3v) is 4.50. The maximum atomic E-state index is 12.6. The summed E-state index contributed by atoms with van der Waals surface area (Å²) in [5.74, 6) is 1.21. The molecule has 1 saturated heterocycles. The summed E-state index contributed by atoms with van der Waals surface area (Å²) in [5, 5.41) is 2.91. The van der Waals surface area contributed by atoms with Gasteiger partial charge in [0.2, 0.25) is 5.91 Å². The Morgan fingerprint density at radius 3 is 2.31 bits per heavy atom. The number of nitrogens with one attached hydrogen (secondary N) is 1. The van der Waals surface area contributed by atoms with Gasteiger partial charge in [-0.1, -0.05) is 0 Å². The van der Waals surface area contributed by atoms with E-state index < -0.39 is 0 Å². The van der Waals surface area contributed by atoms with Gasteiger partial charge in [-0.3, -0.25) is 9.59 Å². The molecule has 0 bridgehead atoms. The van der Waals surface area contributed by atoms with Crippen LogP contribution in [0.25, 0.3) is 0 Å². The normalized spacial score (nSPS) is 14.8. The molecule has 1 aromatic heterocycles. The number of nitrogens with zero attached hydrogens (tertiary/aromatic N) is 1. The molecule has 26 heavy (non-hydrogen) atoms. The molecule has 1 aromatic carbocycles. The lowest BCUT2D eigenvalue weighted by Gasteiger charge is -2.30. The van der Waals surface area contributed by atoms with E-state index in [1.165, 1.54) is 6.26 Å². The number of piperidine rings is 1. The first-order valence-electron chi connectivity index (χ1n) is 8.47. The minimum absolute atomic E-state index is 0.0644. The summed E-state index contributed by atoms with van der Waals surface area (Å²) in [6, 6.07) is 8.58. The SMILES string of the molecule is COc1cc(NC(=O)C2CCN(C(=O)c3ccco3)CC2)cc(OC)c1. The molecule has 0 spiro atoms. The highest BCUT2D eigenvalue weighted by molar-refractivity contribution is 5.94. The van der Waals surface area contributed by atoms with Crippen molar-refractivity contribution < 1.29 is 23.5 Å². The zero-order valence-corrected chi connectivity index (χ0v) is 14.9. The number of furan rings is 1. The van der Waals surface area contributed by atoms with Gasteiger partial charge in [-0.05, 0) is 25.0 Å². The number of carbonyl (C=O) groups excluding carboxylic acids is 2. The predicted molar refractivity (Wildman–Crippen MR) is 95.5 cm³/mol. The summed E-state index contributed by atoms with van der Waals surface area (Å²) in [4.78, 5) is 26.5. The van der Waals surface area contributed by atoms with E-state index in [1.54, 1.807) is 49.5 Å². The van der Waals surface area contributed by atoms with E-state index in [1.807, 2.05) is 0 Å². The molecular weight excluding hydrogens is 336 g/mol. The van der Waals surface area contributed by atoms with Crippen molar-refractivity contribution >= 4 is 17.5 Å². The minimum atomic E-state index is -0.146. The molecule has 138 valence electrons. The van der Waals surface area contributed by atoms with Gasteiger partial charge in [0.25, 0.3) is 5.91 Å². The maximum Gasteiger partial charge on any atom is 0.289 e. The van der Waals surface area contributed by atoms with Crippen LogP contribution in [0.1, 0.15) is 23.4 Å². The Hall–Kier alpha value is -2.96. The van der Waals surface area contributed by atoms with Crippen LogP contribution < -0.4 is 14.8 Å². The van der Waals surface area contributed by atoms with Crippen molar-refractivity contribution in [1.29, 1.82) is 0 Å². The molecule has 0 saturated carbocycles. The van der Waals surface area contributed by atoms with E-state index in [2.05, 4.69) is 5.32 Å². The molecule has 0 unspecified atom stereocenters. The van der Waals surface area contributed by atoms with E-state index in [0.717, 1.165) is 0 Å². The maximum absolute atomic E-state index is 12.6. The van der Waals surface area contributed by atoms with Gasteiger partial charge in [0.05, 0.1) is 20.5 Å². The second-order valence-corrected chi connectivity index (χ2v) is 6.13. The van der Waals surface area contributed by atoms with Crippen LogP contribution in [0.5, 0.6) is 11.5 Å². The molecular formula is C19H22N2O5. The number of anilines is 1. The molecule has 0 radical (unpaired) electrons. The van der Waals surface area contributed by atoms with E-state index in [0.29, 0.717) is 48.9 Å². The molecule has 1 aliphatic rings. The Balaban J connectivity index is 1.58. The fourth-order valence-electron chi connectivity index (χ4n) is 3.02. The molecule has 2 amide bonds. The van der Waals surface area contributed by atoms with Gasteiger partial charge in [0.1, 0.15) is 11.5 Å². The molecule has 2 aromatic rings. The number of rotatable bonds is 5. The van der Waals surface area contributed by atoms with Gasteiger partial charge in [-0.15, -0.1) is 0 Å². The second-order valence-electron chi connectivity index (χ2n) is 6.13. The third-order valence-electron chi connectivity index (χ3n) is 4.50. The molecule has 0 atom stereocenters.